The first kappa shape index (κ1) is 14.0. The van der Waals surface area contributed by atoms with Gasteiger partial charge >= 0.3 is 0 Å². The van der Waals surface area contributed by atoms with Crippen LogP contribution in [0.25, 0.3) is 0 Å². The number of morpholine rings is 1. The molecule has 0 saturated carbocycles. The van der Waals surface area contributed by atoms with Crippen molar-refractivity contribution in [1.29, 1.82) is 0 Å². The summed E-state index contributed by atoms with van der Waals surface area (Å²) < 4.78 is 5.75. The van der Waals surface area contributed by atoms with Crippen molar-refractivity contribution in [3.63, 3.8) is 0 Å². The summed E-state index contributed by atoms with van der Waals surface area (Å²) in [4.78, 5) is 2.31. The number of rotatable bonds is 2. The van der Waals surface area contributed by atoms with Crippen molar-refractivity contribution in [2.75, 3.05) is 39.1 Å². The topological polar surface area (TPSA) is 24.5 Å². The Labute approximate surface area is 105 Å². The molecule has 3 heteroatoms. The highest BCUT2D eigenvalue weighted by Gasteiger charge is 2.18. The van der Waals surface area contributed by atoms with Crippen LogP contribution < -0.4 is 5.32 Å². The molecule has 1 atom stereocenters. The highest BCUT2D eigenvalue weighted by molar-refractivity contribution is 5.44. The number of likely N-dealkylation sites (N-methyl/N-ethyl adjacent to an activating group) is 1. The average Bonchev–Trinajstić information content (AvgIpc) is 2.41. The molecule has 0 radical (unpaired) electrons. The third-order valence-electron chi connectivity index (χ3n) is 2.84. The van der Waals surface area contributed by atoms with Gasteiger partial charge < -0.3 is 15.0 Å². The molecule has 0 amide bonds. The van der Waals surface area contributed by atoms with Crippen molar-refractivity contribution in [2.24, 2.45) is 0 Å². The lowest BCUT2D eigenvalue weighted by atomic mass is 10.1. The second-order valence-electron chi connectivity index (χ2n) is 3.99. The second-order valence-corrected chi connectivity index (χ2v) is 3.99. The third kappa shape index (κ3) is 4.02. The van der Waals surface area contributed by atoms with E-state index in [1.807, 2.05) is 20.9 Å². The molecular weight excluding hydrogens is 212 g/mol. The molecule has 3 nitrogen and oxygen atoms in total. The Hall–Kier alpha value is -1.06. The Morgan fingerprint density at radius 3 is 2.41 bits per heavy atom. The summed E-state index contributed by atoms with van der Waals surface area (Å²) in [7, 11) is 4.07. The van der Waals surface area contributed by atoms with E-state index >= 15 is 0 Å². The van der Waals surface area contributed by atoms with Crippen LogP contribution in [0.5, 0.6) is 0 Å². The van der Waals surface area contributed by atoms with Crippen LogP contribution in [0.15, 0.2) is 24.3 Å². The van der Waals surface area contributed by atoms with Gasteiger partial charge in [-0.15, -0.1) is 0 Å². The highest BCUT2D eigenvalue weighted by atomic mass is 16.5. The van der Waals surface area contributed by atoms with Gasteiger partial charge in [0.1, 0.15) is 0 Å². The molecule has 1 aliphatic heterocycles. The fourth-order valence-electron chi connectivity index (χ4n) is 1.84. The third-order valence-corrected chi connectivity index (χ3v) is 2.84. The Bertz CT molecular complexity index is 311. The summed E-state index contributed by atoms with van der Waals surface area (Å²) in [5, 5.41) is 3.11. The molecule has 1 aromatic carbocycles. The minimum absolute atomic E-state index is 0.231. The lowest BCUT2D eigenvalue weighted by Crippen LogP contribution is -2.35. The predicted molar refractivity (Wildman–Crippen MR) is 73.5 cm³/mol. The molecular formula is C14H24N2O. The van der Waals surface area contributed by atoms with Crippen LogP contribution in [0.2, 0.25) is 0 Å². The lowest BCUT2D eigenvalue weighted by molar-refractivity contribution is -0.0208. The zero-order valence-electron chi connectivity index (χ0n) is 11.4. The van der Waals surface area contributed by atoms with Crippen LogP contribution in [0, 0.1) is 0 Å². The molecule has 2 rings (SSSR count). The quantitative estimate of drug-likeness (QED) is 0.854. The standard InChI is InChI=1S/C12H18N2O.C2H6/c1-13-11-5-3-10(4-6-11)12-9-14(2)7-8-15-12;1-2/h3-6,12-13H,7-9H2,1-2H3;1-2H3. The molecule has 96 valence electrons. The number of hydrogen-bond acceptors (Lipinski definition) is 3. The van der Waals surface area contributed by atoms with Gasteiger partial charge in [0, 0.05) is 25.8 Å². The Kier molecular flexibility index (Phi) is 6.01. The normalized spacial score (nSPS) is 20.4. The van der Waals surface area contributed by atoms with Gasteiger partial charge in [-0.1, -0.05) is 26.0 Å². The summed E-state index contributed by atoms with van der Waals surface area (Å²) in [6, 6.07) is 8.45. The van der Waals surface area contributed by atoms with Crippen LogP contribution in [0.4, 0.5) is 5.69 Å². The van der Waals surface area contributed by atoms with Crippen molar-refractivity contribution in [1.82, 2.24) is 4.90 Å². The van der Waals surface area contributed by atoms with Crippen LogP contribution >= 0.6 is 0 Å². The van der Waals surface area contributed by atoms with Crippen LogP contribution in [0.3, 0.4) is 0 Å². The Morgan fingerprint density at radius 2 is 1.88 bits per heavy atom. The molecule has 0 aliphatic carbocycles. The maximum absolute atomic E-state index is 5.75. The molecule has 0 aromatic heterocycles. The maximum Gasteiger partial charge on any atom is 0.0952 e. The molecule has 0 spiro atoms. The fraction of sp³-hybridized carbons (Fsp3) is 0.571. The number of nitrogens with zero attached hydrogens (tertiary/aromatic N) is 1. The van der Waals surface area contributed by atoms with Crippen molar-refractivity contribution in [3.8, 4) is 0 Å². The van der Waals surface area contributed by atoms with Gasteiger partial charge in [-0.25, -0.2) is 0 Å². The summed E-state index contributed by atoms with van der Waals surface area (Å²) in [6.45, 7) is 6.85. The molecule has 1 aliphatic rings. The Balaban J connectivity index is 0.000000686. The van der Waals surface area contributed by atoms with Gasteiger partial charge in [0.15, 0.2) is 0 Å². The lowest BCUT2D eigenvalue weighted by Gasteiger charge is -2.30. The molecule has 1 aromatic rings. The van der Waals surface area contributed by atoms with Crippen LogP contribution in [0.1, 0.15) is 25.5 Å². The zero-order chi connectivity index (χ0) is 12.7. The van der Waals surface area contributed by atoms with E-state index in [9.17, 15) is 0 Å². The van der Waals surface area contributed by atoms with Gasteiger partial charge in [-0.3, -0.25) is 0 Å². The molecule has 1 N–H and O–H groups in total. The van der Waals surface area contributed by atoms with E-state index in [2.05, 4.69) is 41.5 Å². The van der Waals surface area contributed by atoms with E-state index in [1.54, 1.807) is 0 Å². The van der Waals surface area contributed by atoms with Crippen LogP contribution in [-0.2, 0) is 4.74 Å². The average molecular weight is 236 g/mol. The monoisotopic (exact) mass is 236 g/mol. The molecule has 1 fully saturated rings. The van der Waals surface area contributed by atoms with Crippen molar-refractivity contribution < 1.29 is 4.74 Å². The van der Waals surface area contributed by atoms with E-state index in [1.165, 1.54) is 5.56 Å². The zero-order valence-corrected chi connectivity index (χ0v) is 11.4. The summed E-state index contributed by atoms with van der Waals surface area (Å²) in [6.07, 6.45) is 0.231. The molecule has 1 heterocycles. The molecule has 1 saturated heterocycles. The SMILES string of the molecule is CC.CNc1ccc(C2CN(C)CCO2)cc1. The van der Waals surface area contributed by atoms with E-state index in [-0.39, 0.29) is 6.10 Å². The minimum atomic E-state index is 0.231. The number of nitrogens with one attached hydrogen (secondary N) is 1. The summed E-state index contributed by atoms with van der Waals surface area (Å²) in [5.41, 5.74) is 2.41. The van der Waals surface area contributed by atoms with Crippen molar-refractivity contribution >= 4 is 5.69 Å². The molecule has 17 heavy (non-hydrogen) atoms. The van der Waals surface area contributed by atoms with Gasteiger partial charge in [0.05, 0.1) is 12.7 Å². The van der Waals surface area contributed by atoms with Gasteiger partial charge in [0.2, 0.25) is 0 Å². The molecule has 0 bridgehead atoms. The first-order valence-electron chi connectivity index (χ1n) is 6.37. The minimum Gasteiger partial charge on any atom is -0.388 e. The van der Waals surface area contributed by atoms with Gasteiger partial charge in [0.25, 0.3) is 0 Å². The number of ether oxygens (including phenoxy) is 1. The number of benzene rings is 1. The fourth-order valence-corrected chi connectivity index (χ4v) is 1.84. The largest absolute Gasteiger partial charge is 0.388 e. The highest BCUT2D eigenvalue weighted by Crippen LogP contribution is 2.22. The van der Waals surface area contributed by atoms with E-state index < -0.39 is 0 Å². The summed E-state index contributed by atoms with van der Waals surface area (Å²) >= 11 is 0. The van der Waals surface area contributed by atoms with E-state index in [0.29, 0.717) is 0 Å². The van der Waals surface area contributed by atoms with Crippen LogP contribution in [-0.4, -0.2) is 38.7 Å². The first-order valence-corrected chi connectivity index (χ1v) is 6.37. The van der Waals surface area contributed by atoms with Crippen molar-refractivity contribution in [3.05, 3.63) is 29.8 Å². The first-order chi connectivity index (χ1) is 8.29. The maximum atomic E-state index is 5.75. The molecule has 1 unspecified atom stereocenters. The van der Waals surface area contributed by atoms with Crippen molar-refractivity contribution in [2.45, 2.75) is 20.0 Å². The smallest absolute Gasteiger partial charge is 0.0952 e. The van der Waals surface area contributed by atoms with Gasteiger partial charge in [-0.05, 0) is 24.7 Å². The van der Waals surface area contributed by atoms with E-state index in [4.69, 9.17) is 4.74 Å². The predicted octanol–water partition coefficient (Wildman–Crippen LogP) is 2.76. The number of hydrogen-bond donors (Lipinski definition) is 1. The second kappa shape index (κ2) is 7.30. The summed E-state index contributed by atoms with van der Waals surface area (Å²) in [5.74, 6) is 0. The number of anilines is 1. The van der Waals surface area contributed by atoms with E-state index in [0.717, 1.165) is 25.4 Å². The van der Waals surface area contributed by atoms with Gasteiger partial charge in [-0.2, -0.15) is 0 Å². The Morgan fingerprint density at radius 1 is 1.24 bits per heavy atom.